The molecular formula is C22H24Cl2N2O2. The molecule has 0 radical (unpaired) electrons. The van der Waals surface area contributed by atoms with E-state index in [1.54, 1.807) is 25.1 Å². The van der Waals surface area contributed by atoms with Gasteiger partial charge >= 0.3 is 0 Å². The van der Waals surface area contributed by atoms with Crippen molar-refractivity contribution in [2.24, 2.45) is 0 Å². The number of hydrogen-bond donors (Lipinski definition) is 0. The fourth-order valence-corrected chi connectivity index (χ4v) is 3.57. The number of rotatable bonds is 6. The Hall–Kier alpha value is -2.01. The normalized spacial score (nSPS) is 16.3. The van der Waals surface area contributed by atoms with E-state index < -0.39 is 6.10 Å². The first-order chi connectivity index (χ1) is 13.5. The van der Waals surface area contributed by atoms with Crippen LogP contribution in [0.2, 0.25) is 10.0 Å². The zero-order valence-electron chi connectivity index (χ0n) is 15.9. The van der Waals surface area contributed by atoms with Crippen molar-refractivity contribution in [2.45, 2.75) is 13.0 Å². The van der Waals surface area contributed by atoms with Gasteiger partial charge < -0.3 is 9.64 Å². The Morgan fingerprint density at radius 3 is 2.50 bits per heavy atom. The van der Waals surface area contributed by atoms with Gasteiger partial charge in [-0.3, -0.25) is 9.69 Å². The fraction of sp³-hybridized carbons (Fsp3) is 0.318. The van der Waals surface area contributed by atoms with Crippen LogP contribution in [0.5, 0.6) is 5.75 Å². The summed E-state index contributed by atoms with van der Waals surface area (Å²) in [5.41, 5.74) is 1.20. The van der Waals surface area contributed by atoms with E-state index in [0.717, 1.165) is 19.6 Å². The fourth-order valence-electron chi connectivity index (χ4n) is 3.12. The monoisotopic (exact) mass is 418 g/mol. The molecule has 3 rings (SSSR count). The highest BCUT2D eigenvalue weighted by Gasteiger charge is 2.26. The van der Waals surface area contributed by atoms with Gasteiger partial charge in [0.15, 0.2) is 6.10 Å². The highest BCUT2D eigenvalue weighted by Crippen LogP contribution is 2.28. The van der Waals surface area contributed by atoms with Crippen LogP contribution in [0.3, 0.4) is 0 Å². The van der Waals surface area contributed by atoms with E-state index in [-0.39, 0.29) is 5.91 Å². The third kappa shape index (κ3) is 5.74. The largest absolute Gasteiger partial charge is 0.479 e. The molecule has 2 aromatic carbocycles. The van der Waals surface area contributed by atoms with Crippen LogP contribution < -0.4 is 4.74 Å². The van der Waals surface area contributed by atoms with Gasteiger partial charge in [0, 0.05) is 37.7 Å². The maximum absolute atomic E-state index is 12.7. The van der Waals surface area contributed by atoms with E-state index in [2.05, 4.69) is 29.2 Å². The number of benzene rings is 2. The molecule has 0 N–H and O–H groups in total. The van der Waals surface area contributed by atoms with Crippen molar-refractivity contribution in [1.82, 2.24) is 9.80 Å². The van der Waals surface area contributed by atoms with E-state index in [1.165, 1.54) is 5.56 Å². The smallest absolute Gasteiger partial charge is 0.263 e. The summed E-state index contributed by atoms with van der Waals surface area (Å²) in [6, 6.07) is 15.2. The number of hydrogen-bond acceptors (Lipinski definition) is 3. The van der Waals surface area contributed by atoms with Gasteiger partial charge in [-0.2, -0.15) is 0 Å². The second kappa shape index (κ2) is 9.97. The van der Waals surface area contributed by atoms with E-state index in [4.69, 9.17) is 27.9 Å². The predicted molar refractivity (Wildman–Crippen MR) is 115 cm³/mol. The molecule has 1 saturated heterocycles. The molecule has 1 fully saturated rings. The van der Waals surface area contributed by atoms with Gasteiger partial charge in [0.05, 0.1) is 5.02 Å². The number of amides is 1. The van der Waals surface area contributed by atoms with Crippen molar-refractivity contribution in [2.75, 3.05) is 32.7 Å². The van der Waals surface area contributed by atoms with Gasteiger partial charge in [-0.05, 0) is 30.7 Å². The average Bonchev–Trinajstić information content (AvgIpc) is 2.71. The highest BCUT2D eigenvalue weighted by molar-refractivity contribution is 6.35. The molecule has 6 heteroatoms. The van der Waals surface area contributed by atoms with E-state index in [0.29, 0.717) is 28.9 Å². The number of carbonyl (C=O) groups excluding carboxylic acids is 1. The molecule has 0 aromatic heterocycles. The van der Waals surface area contributed by atoms with Crippen LogP contribution in [0.4, 0.5) is 0 Å². The first kappa shape index (κ1) is 20.7. The van der Waals surface area contributed by atoms with Crippen molar-refractivity contribution >= 4 is 35.2 Å². The minimum Gasteiger partial charge on any atom is -0.479 e. The molecule has 2 aromatic rings. The van der Waals surface area contributed by atoms with E-state index in [9.17, 15) is 4.79 Å². The van der Waals surface area contributed by atoms with Crippen LogP contribution in [0.25, 0.3) is 6.08 Å². The third-order valence-electron chi connectivity index (χ3n) is 4.70. The molecule has 0 bridgehead atoms. The summed E-state index contributed by atoms with van der Waals surface area (Å²) in [4.78, 5) is 16.9. The van der Waals surface area contributed by atoms with Crippen LogP contribution in [0, 0.1) is 0 Å². The summed E-state index contributed by atoms with van der Waals surface area (Å²) >= 11 is 12.0. The third-order valence-corrected chi connectivity index (χ3v) is 5.23. The molecule has 0 unspecified atom stereocenters. The maximum Gasteiger partial charge on any atom is 0.263 e. The van der Waals surface area contributed by atoms with Gasteiger partial charge in [0.2, 0.25) is 0 Å². The molecule has 148 valence electrons. The van der Waals surface area contributed by atoms with Crippen LogP contribution >= 0.6 is 23.2 Å². The summed E-state index contributed by atoms with van der Waals surface area (Å²) in [6.07, 6.45) is 3.70. The Morgan fingerprint density at radius 2 is 1.82 bits per heavy atom. The van der Waals surface area contributed by atoms with Crippen molar-refractivity contribution in [3.05, 3.63) is 70.2 Å². The van der Waals surface area contributed by atoms with Crippen molar-refractivity contribution in [3.63, 3.8) is 0 Å². The molecule has 0 saturated carbocycles. The lowest BCUT2D eigenvalue weighted by Gasteiger charge is -2.35. The molecule has 0 aliphatic carbocycles. The summed E-state index contributed by atoms with van der Waals surface area (Å²) in [5, 5.41) is 0.941. The molecule has 1 heterocycles. The molecular weight excluding hydrogens is 395 g/mol. The average molecular weight is 419 g/mol. The second-order valence-electron chi connectivity index (χ2n) is 6.77. The maximum atomic E-state index is 12.7. The Balaban J connectivity index is 1.46. The first-order valence-corrected chi connectivity index (χ1v) is 10.1. The summed E-state index contributed by atoms with van der Waals surface area (Å²) < 4.78 is 5.75. The molecule has 28 heavy (non-hydrogen) atoms. The SMILES string of the molecule is C[C@@H](Oc1ccc(Cl)cc1Cl)C(=O)N1CCN(C/C=C/c2ccccc2)CC1. The van der Waals surface area contributed by atoms with Crippen LogP contribution in [-0.4, -0.2) is 54.5 Å². The Kier molecular flexibility index (Phi) is 7.37. The molecule has 1 aliphatic rings. The number of carbonyl (C=O) groups is 1. The summed E-state index contributed by atoms with van der Waals surface area (Å²) in [5.74, 6) is 0.446. The van der Waals surface area contributed by atoms with Crippen LogP contribution in [0.15, 0.2) is 54.6 Å². The van der Waals surface area contributed by atoms with Crippen molar-refractivity contribution in [3.8, 4) is 5.75 Å². The number of halogens is 2. The van der Waals surface area contributed by atoms with Crippen molar-refractivity contribution in [1.29, 1.82) is 0 Å². The quantitative estimate of drug-likeness (QED) is 0.685. The molecule has 0 spiro atoms. The van der Waals surface area contributed by atoms with Crippen LogP contribution in [0.1, 0.15) is 12.5 Å². The lowest BCUT2D eigenvalue weighted by molar-refractivity contribution is -0.139. The molecule has 1 amide bonds. The minimum absolute atomic E-state index is 0.0227. The number of nitrogens with zero attached hydrogens (tertiary/aromatic N) is 2. The van der Waals surface area contributed by atoms with Gasteiger partial charge in [-0.1, -0.05) is 65.7 Å². The second-order valence-corrected chi connectivity index (χ2v) is 7.62. The van der Waals surface area contributed by atoms with Gasteiger partial charge in [-0.25, -0.2) is 0 Å². The predicted octanol–water partition coefficient (Wildman–Crippen LogP) is 4.62. The van der Waals surface area contributed by atoms with E-state index in [1.807, 2.05) is 23.1 Å². The molecule has 1 aliphatic heterocycles. The topological polar surface area (TPSA) is 32.8 Å². The lowest BCUT2D eigenvalue weighted by Crippen LogP contribution is -2.51. The number of ether oxygens (including phenoxy) is 1. The van der Waals surface area contributed by atoms with Gasteiger partial charge in [0.1, 0.15) is 5.75 Å². The number of piperazine rings is 1. The molecule has 1 atom stereocenters. The van der Waals surface area contributed by atoms with Gasteiger partial charge in [-0.15, -0.1) is 0 Å². The zero-order chi connectivity index (χ0) is 19.9. The highest BCUT2D eigenvalue weighted by atomic mass is 35.5. The lowest BCUT2D eigenvalue weighted by atomic mass is 10.2. The standard InChI is InChI=1S/C22H24Cl2N2O2/c1-17(28-21-10-9-19(23)16-20(21)24)22(27)26-14-12-25(13-15-26)11-5-8-18-6-3-2-4-7-18/h2-10,16-17H,11-15H2,1H3/b8-5+/t17-/m1/s1. The van der Waals surface area contributed by atoms with Gasteiger partial charge in [0.25, 0.3) is 5.91 Å². The van der Waals surface area contributed by atoms with Crippen molar-refractivity contribution < 1.29 is 9.53 Å². The first-order valence-electron chi connectivity index (χ1n) is 9.37. The van der Waals surface area contributed by atoms with E-state index >= 15 is 0 Å². The minimum atomic E-state index is -0.594. The Morgan fingerprint density at radius 1 is 1.11 bits per heavy atom. The van der Waals surface area contributed by atoms with Crippen LogP contribution in [-0.2, 0) is 4.79 Å². The summed E-state index contributed by atoms with van der Waals surface area (Å²) in [7, 11) is 0. The Labute approximate surface area is 176 Å². The Bertz CT molecular complexity index is 819. The molecule has 4 nitrogen and oxygen atoms in total. The summed E-state index contributed by atoms with van der Waals surface area (Å²) in [6.45, 7) is 5.71. The zero-order valence-corrected chi connectivity index (χ0v) is 17.4.